The SMILES string of the molecule is Cc1cc(C)cc(NC(=O)c2ccccc2OCC(=O)Nc2ccccc2F)c1. The molecule has 0 atom stereocenters. The third kappa shape index (κ3) is 5.42. The fourth-order valence-electron chi connectivity index (χ4n) is 2.92. The Labute approximate surface area is 168 Å². The molecule has 0 fully saturated rings. The Bertz CT molecular complexity index is 1030. The number of halogens is 1. The van der Waals surface area contributed by atoms with Crippen molar-refractivity contribution < 1.29 is 18.7 Å². The maximum atomic E-state index is 13.6. The summed E-state index contributed by atoms with van der Waals surface area (Å²) in [5, 5.41) is 5.29. The van der Waals surface area contributed by atoms with Gasteiger partial charge in [0.2, 0.25) is 0 Å². The number of anilines is 2. The van der Waals surface area contributed by atoms with Gasteiger partial charge in [-0.3, -0.25) is 9.59 Å². The molecule has 0 spiro atoms. The van der Waals surface area contributed by atoms with Crippen LogP contribution in [0, 0.1) is 19.7 Å². The van der Waals surface area contributed by atoms with Crippen molar-refractivity contribution in [1.29, 1.82) is 0 Å². The normalized spacial score (nSPS) is 10.3. The van der Waals surface area contributed by atoms with Gasteiger partial charge in [-0.25, -0.2) is 4.39 Å². The highest BCUT2D eigenvalue weighted by Crippen LogP contribution is 2.21. The first-order valence-corrected chi connectivity index (χ1v) is 9.08. The number of para-hydroxylation sites is 2. The van der Waals surface area contributed by atoms with Gasteiger partial charge in [0.05, 0.1) is 11.3 Å². The van der Waals surface area contributed by atoms with Crippen molar-refractivity contribution in [1.82, 2.24) is 0 Å². The van der Waals surface area contributed by atoms with E-state index in [0.29, 0.717) is 11.3 Å². The highest BCUT2D eigenvalue weighted by molar-refractivity contribution is 6.06. The van der Waals surface area contributed by atoms with Crippen LogP contribution >= 0.6 is 0 Å². The minimum absolute atomic E-state index is 0.0712. The van der Waals surface area contributed by atoms with Gasteiger partial charge in [0, 0.05) is 5.69 Å². The Morgan fingerprint density at radius 3 is 2.28 bits per heavy atom. The summed E-state index contributed by atoms with van der Waals surface area (Å²) in [6.07, 6.45) is 0. The van der Waals surface area contributed by atoms with E-state index in [1.807, 2.05) is 32.0 Å². The van der Waals surface area contributed by atoms with E-state index >= 15 is 0 Å². The lowest BCUT2D eigenvalue weighted by molar-refractivity contribution is -0.118. The summed E-state index contributed by atoms with van der Waals surface area (Å²) >= 11 is 0. The standard InChI is InChI=1S/C23H21FN2O3/c1-15-11-16(2)13-17(12-15)25-23(28)18-7-3-6-10-21(18)29-14-22(27)26-20-9-5-4-8-19(20)24/h3-13H,14H2,1-2H3,(H,25,28)(H,26,27). The molecule has 3 aromatic rings. The van der Waals surface area contributed by atoms with Crippen molar-refractivity contribution in [2.24, 2.45) is 0 Å². The Morgan fingerprint density at radius 2 is 1.55 bits per heavy atom. The number of ether oxygens (including phenoxy) is 1. The molecule has 0 saturated heterocycles. The summed E-state index contributed by atoms with van der Waals surface area (Å²) in [4.78, 5) is 24.8. The predicted molar refractivity (Wildman–Crippen MR) is 111 cm³/mol. The lowest BCUT2D eigenvalue weighted by atomic mass is 10.1. The minimum atomic E-state index is -0.533. The van der Waals surface area contributed by atoms with E-state index in [0.717, 1.165) is 11.1 Å². The first kappa shape index (κ1) is 20.1. The summed E-state index contributed by atoms with van der Waals surface area (Å²) in [6, 6.07) is 18.3. The molecule has 0 unspecified atom stereocenters. The molecule has 0 heterocycles. The van der Waals surface area contributed by atoms with Crippen LogP contribution in [0.15, 0.2) is 66.7 Å². The van der Waals surface area contributed by atoms with Gasteiger partial charge in [0.25, 0.3) is 11.8 Å². The fraction of sp³-hybridized carbons (Fsp3) is 0.130. The second-order valence-electron chi connectivity index (χ2n) is 6.64. The van der Waals surface area contributed by atoms with Crippen molar-refractivity contribution in [2.75, 3.05) is 17.2 Å². The van der Waals surface area contributed by atoms with Gasteiger partial charge in [0.1, 0.15) is 11.6 Å². The lowest BCUT2D eigenvalue weighted by Crippen LogP contribution is -2.22. The maximum Gasteiger partial charge on any atom is 0.262 e. The third-order valence-corrected chi connectivity index (χ3v) is 4.12. The van der Waals surface area contributed by atoms with Crippen LogP contribution < -0.4 is 15.4 Å². The van der Waals surface area contributed by atoms with Gasteiger partial charge < -0.3 is 15.4 Å². The van der Waals surface area contributed by atoms with E-state index in [-0.39, 0.29) is 24.0 Å². The van der Waals surface area contributed by atoms with Crippen LogP contribution in [0.5, 0.6) is 5.75 Å². The summed E-state index contributed by atoms with van der Waals surface area (Å²) in [7, 11) is 0. The molecule has 0 aliphatic heterocycles. The number of carbonyl (C=O) groups is 2. The van der Waals surface area contributed by atoms with Crippen molar-refractivity contribution in [2.45, 2.75) is 13.8 Å². The molecule has 3 rings (SSSR count). The van der Waals surface area contributed by atoms with Gasteiger partial charge in [-0.1, -0.05) is 30.3 Å². The van der Waals surface area contributed by atoms with E-state index in [1.165, 1.54) is 18.2 Å². The zero-order chi connectivity index (χ0) is 20.8. The Kier molecular flexibility index (Phi) is 6.24. The number of benzene rings is 3. The largest absolute Gasteiger partial charge is 0.483 e. The molecule has 0 radical (unpaired) electrons. The molecule has 0 bridgehead atoms. The summed E-state index contributed by atoms with van der Waals surface area (Å²) in [5.41, 5.74) is 3.12. The van der Waals surface area contributed by atoms with Crippen LogP contribution in [0.4, 0.5) is 15.8 Å². The molecular formula is C23H21FN2O3. The van der Waals surface area contributed by atoms with Gasteiger partial charge in [-0.2, -0.15) is 0 Å². The molecule has 29 heavy (non-hydrogen) atoms. The van der Waals surface area contributed by atoms with E-state index in [2.05, 4.69) is 10.6 Å². The number of carbonyl (C=O) groups excluding carboxylic acids is 2. The van der Waals surface area contributed by atoms with E-state index < -0.39 is 11.7 Å². The summed E-state index contributed by atoms with van der Waals surface area (Å²) in [6.45, 7) is 3.55. The average molecular weight is 392 g/mol. The predicted octanol–water partition coefficient (Wildman–Crippen LogP) is 4.71. The molecule has 0 aromatic heterocycles. The molecule has 148 valence electrons. The van der Waals surface area contributed by atoms with E-state index in [4.69, 9.17) is 4.74 Å². The van der Waals surface area contributed by atoms with E-state index in [9.17, 15) is 14.0 Å². The van der Waals surface area contributed by atoms with Crippen LogP contribution in [0.1, 0.15) is 21.5 Å². The smallest absolute Gasteiger partial charge is 0.262 e. The topological polar surface area (TPSA) is 67.4 Å². The second kappa shape index (κ2) is 9.01. The Balaban J connectivity index is 1.67. The van der Waals surface area contributed by atoms with Gasteiger partial charge in [-0.05, 0) is 61.4 Å². The molecule has 0 aliphatic rings. The number of amides is 2. The van der Waals surface area contributed by atoms with Gasteiger partial charge in [-0.15, -0.1) is 0 Å². The summed E-state index contributed by atoms with van der Waals surface area (Å²) in [5.74, 6) is -1.15. The number of hydrogen-bond donors (Lipinski definition) is 2. The molecule has 0 saturated carbocycles. The second-order valence-corrected chi connectivity index (χ2v) is 6.64. The lowest BCUT2D eigenvalue weighted by Gasteiger charge is -2.13. The number of aryl methyl sites for hydroxylation is 2. The van der Waals surface area contributed by atoms with Gasteiger partial charge in [0.15, 0.2) is 6.61 Å². The molecule has 6 heteroatoms. The molecule has 5 nitrogen and oxygen atoms in total. The monoisotopic (exact) mass is 392 g/mol. The summed E-state index contributed by atoms with van der Waals surface area (Å²) < 4.78 is 19.2. The van der Waals surface area contributed by atoms with Crippen molar-refractivity contribution >= 4 is 23.2 Å². The number of rotatable bonds is 6. The zero-order valence-corrected chi connectivity index (χ0v) is 16.2. The van der Waals surface area contributed by atoms with Crippen LogP contribution in [0.25, 0.3) is 0 Å². The zero-order valence-electron chi connectivity index (χ0n) is 16.2. The molecule has 2 amide bonds. The number of nitrogens with one attached hydrogen (secondary N) is 2. The molecule has 0 aliphatic carbocycles. The Hall–Kier alpha value is -3.67. The highest BCUT2D eigenvalue weighted by atomic mass is 19.1. The fourth-order valence-corrected chi connectivity index (χ4v) is 2.92. The molecule has 2 N–H and O–H groups in total. The van der Waals surface area contributed by atoms with Gasteiger partial charge >= 0.3 is 0 Å². The first-order valence-electron chi connectivity index (χ1n) is 9.08. The van der Waals surface area contributed by atoms with Crippen LogP contribution in [-0.2, 0) is 4.79 Å². The minimum Gasteiger partial charge on any atom is -0.483 e. The van der Waals surface area contributed by atoms with Crippen LogP contribution in [0.3, 0.4) is 0 Å². The molecule has 3 aromatic carbocycles. The van der Waals surface area contributed by atoms with Crippen molar-refractivity contribution in [3.8, 4) is 5.75 Å². The van der Waals surface area contributed by atoms with Crippen molar-refractivity contribution in [3.63, 3.8) is 0 Å². The maximum absolute atomic E-state index is 13.6. The van der Waals surface area contributed by atoms with Crippen molar-refractivity contribution in [3.05, 3.63) is 89.2 Å². The third-order valence-electron chi connectivity index (χ3n) is 4.12. The number of hydrogen-bond acceptors (Lipinski definition) is 3. The first-order chi connectivity index (χ1) is 13.9. The highest BCUT2D eigenvalue weighted by Gasteiger charge is 2.14. The Morgan fingerprint density at radius 1 is 0.897 bits per heavy atom. The van der Waals surface area contributed by atoms with E-state index in [1.54, 1.807) is 30.3 Å². The average Bonchev–Trinajstić information content (AvgIpc) is 2.67. The molecular weight excluding hydrogens is 371 g/mol. The van der Waals surface area contributed by atoms with Crippen LogP contribution in [-0.4, -0.2) is 18.4 Å². The quantitative estimate of drug-likeness (QED) is 0.638. The van der Waals surface area contributed by atoms with Crippen LogP contribution in [0.2, 0.25) is 0 Å².